The number of aromatic nitrogens is 5. The summed E-state index contributed by atoms with van der Waals surface area (Å²) in [6.45, 7) is -3.38. The highest BCUT2D eigenvalue weighted by molar-refractivity contribution is 7.93. The van der Waals surface area contributed by atoms with Crippen LogP contribution in [0.2, 0.25) is 5.02 Å². The van der Waals surface area contributed by atoms with Gasteiger partial charge in [-0.15, -0.1) is 0 Å². The Labute approximate surface area is 435 Å². The van der Waals surface area contributed by atoms with Crippen LogP contribution in [-0.4, -0.2) is 113 Å². The lowest BCUT2D eigenvalue weighted by molar-refractivity contribution is -0.143. The molecule has 0 bridgehead atoms. The van der Waals surface area contributed by atoms with Gasteiger partial charge in [0.2, 0.25) is 15.9 Å². The van der Waals surface area contributed by atoms with Crippen LogP contribution in [-0.2, 0) is 74.8 Å². The molecule has 2 aliphatic carbocycles. The van der Waals surface area contributed by atoms with Crippen LogP contribution in [0.4, 0.5) is 54.5 Å². The predicted octanol–water partition coefficient (Wildman–Crippen LogP) is 7.32. The van der Waals surface area contributed by atoms with Crippen molar-refractivity contribution in [1.29, 1.82) is 0 Å². The van der Waals surface area contributed by atoms with E-state index in [9.17, 15) is 66.1 Å². The first kappa shape index (κ1) is 58.8. The quantitative estimate of drug-likeness (QED) is 0.0336. The Morgan fingerprint density at radius 1 is 0.948 bits per heavy atom. The number of rotatable bonds is 18. The van der Waals surface area contributed by atoms with E-state index in [2.05, 4.69) is 36.9 Å². The molecule has 0 aliphatic heterocycles. The lowest BCUT2D eigenvalue weighted by Crippen LogP contribution is -2.37. The van der Waals surface area contributed by atoms with Gasteiger partial charge in [-0.3, -0.25) is 18.7 Å². The summed E-state index contributed by atoms with van der Waals surface area (Å²) in [6.07, 6.45) is -12.0. The molecule has 3 aromatic heterocycles. The summed E-state index contributed by atoms with van der Waals surface area (Å²) in [5.74, 6) is -6.37. The molecule has 77 heavy (non-hydrogen) atoms. The van der Waals surface area contributed by atoms with Crippen LogP contribution in [0, 0.1) is 29.4 Å². The van der Waals surface area contributed by atoms with Crippen molar-refractivity contribution < 1.29 is 98.7 Å². The number of nitrogens with one attached hydrogen (secondary N) is 1. The second kappa shape index (κ2) is 21.1. The normalized spacial score (nSPS) is 16.8. The molecule has 3 heterocycles. The maximum absolute atomic E-state index is 15.6. The van der Waals surface area contributed by atoms with Gasteiger partial charge in [-0.25, -0.2) is 40.0 Å². The molecule has 2 amide bonds. The van der Waals surface area contributed by atoms with Crippen LogP contribution in [0.25, 0.3) is 22.0 Å². The van der Waals surface area contributed by atoms with E-state index in [-0.39, 0.29) is 36.9 Å². The Bertz CT molecular complexity index is 3510. The molecule has 0 unspecified atom stereocenters. The molecule has 0 radical (unpaired) electrons. The second-order valence-corrected chi connectivity index (χ2v) is 24.1. The molecule has 0 spiro atoms. The number of phosphoric acid groups is 1. The smallest absolute Gasteiger partial charge is 0.446 e. The number of carbonyl (C=O) groups is 2. The number of nitrogens with zero attached hydrogens (tertiary/aromatic N) is 6. The minimum atomic E-state index is -5.25. The summed E-state index contributed by atoms with van der Waals surface area (Å²) < 4.78 is 223. The van der Waals surface area contributed by atoms with Gasteiger partial charge < -0.3 is 24.6 Å². The fourth-order valence-corrected chi connectivity index (χ4v) is 9.89. The van der Waals surface area contributed by atoms with Crippen LogP contribution >= 0.6 is 19.4 Å². The van der Waals surface area contributed by atoms with E-state index in [1.54, 1.807) is 0 Å². The van der Waals surface area contributed by atoms with Crippen molar-refractivity contribution in [1.82, 2.24) is 29.9 Å². The molecule has 2 aliphatic rings. The van der Waals surface area contributed by atoms with E-state index in [0.717, 1.165) is 42.7 Å². The SMILES string of the molecule is CC(C)(C#Cc1ccc(-c2ccc(Cl)c3c(N(C(=O)OCCOCCOP(=O)(O)O)S(C)(=O)=O)nn(CC(F)(F)F)c23)c([C@H](Cc2cc(F)cc(F)c2)NC(=O)Cn2nc(C(F)(F)F)c3c2C(F)(F)[C@@H]2C[C@H]32)n1)S(C)(=O)=O. The van der Waals surface area contributed by atoms with Crippen molar-refractivity contribution in [2.24, 2.45) is 5.92 Å². The van der Waals surface area contributed by atoms with E-state index in [0.29, 0.717) is 12.3 Å². The van der Waals surface area contributed by atoms with Crippen LogP contribution in [0.3, 0.4) is 0 Å². The van der Waals surface area contributed by atoms with Gasteiger partial charge >= 0.3 is 26.3 Å². The first-order chi connectivity index (χ1) is 35.4. The zero-order chi connectivity index (χ0) is 57.2. The highest BCUT2D eigenvalue weighted by Crippen LogP contribution is 2.68. The Morgan fingerprint density at radius 3 is 2.18 bits per heavy atom. The van der Waals surface area contributed by atoms with Gasteiger partial charge in [0.15, 0.2) is 21.3 Å². The molecule has 1 fully saturated rings. The number of hydrogen-bond donors (Lipinski definition) is 3. The molecule has 3 atom stereocenters. The Balaban J connectivity index is 1.41. The summed E-state index contributed by atoms with van der Waals surface area (Å²) in [6, 6.07) is 4.44. The standard InChI is InChI=1S/C44H41ClF10N7O12PS2/c1-41(2,76(3,68)69)10-9-25-5-6-26(27-7-8-30(45)34-36(27)61(21-42(48,49)50)59-39(34)62(77(4,70)71)40(64)73-13-11-72-12-14-74-75(65,66)67)35(56-25)31(17-22-15-23(46)18-24(47)16-22)57-32(63)20-60-38-33(37(58-60)44(53,54)55)28-19-29(28)43(38,51)52/h5-8,15-16,18,28-29,31H,11-14,17,19-21H2,1-4H3,(H,57,63)(H2,65,66,67)/t28-,29+,31-/m0/s1. The van der Waals surface area contributed by atoms with Crippen molar-refractivity contribution >= 4 is 68.0 Å². The van der Waals surface area contributed by atoms with Crippen LogP contribution in [0.1, 0.15) is 66.1 Å². The minimum Gasteiger partial charge on any atom is -0.446 e. The zero-order valence-corrected chi connectivity index (χ0v) is 43.3. The lowest BCUT2D eigenvalue weighted by atomic mass is 9.93. The average Bonchev–Trinajstić information content (AvgIpc) is 3.79. The number of halogens is 11. The van der Waals surface area contributed by atoms with Gasteiger partial charge in [0, 0.05) is 34.9 Å². The van der Waals surface area contributed by atoms with E-state index in [1.807, 2.05) is 0 Å². The third-order valence-corrected chi connectivity index (χ3v) is 15.7. The number of alkyl halides is 8. The summed E-state index contributed by atoms with van der Waals surface area (Å²) in [5, 5.41) is 8.37. The molecule has 5 aromatic rings. The van der Waals surface area contributed by atoms with E-state index >= 15 is 8.78 Å². The molecular formula is C44H41ClF10N7O12PS2. The van der Waals surface area contributed by atoms with Crippen molar-refractivity contribution in [3.8, 4) is 23.0 Å². The lowest BCUT2D eigenvalue weighted by Gasteiger charge is -2.23. The first-order valence-corrected chi connectivity index (χ1v) is 27.8. The maximum atomic E-state index is 15.6. The molecule has 2 aromatic carbocycles. The summed E-state index contributed by atoms with van der Waals surface area (Å²) >= 11 is 6.61. The molecule has 33 heteroatoms. The molecule has 7 rings (SSSR count). The van der Waals surface area contributed by atoms with E-state index in [4.69, 9.17) is 30.9 Å². The summed E-state index contributed by atoms with van der Waals surface area (Å²) in [5.41, 5.74) is -6.30. The van der Waals surface area contributed by atoms with Crippen molar-refractivity contribution in [3.05, 3.63) is 93.0 Å². The molecular weight excluding hydrogens is 1140 g/mol. The van der Waals surface area contributed by atoms with Gasteiger partial charge in [-0.05, 0) is 74.4 Å². The van der Waals surface area contributed by atoms with Gasteiger partial charge in [0.05, 0.1) is 53.7 Å². The fraction of sp³-hybridized carbons (Fsp3) is 0.432. The third-order valence-electron chi connectivity index (χ3n) is 11.9. The number of carbonyl (C=O) groups excluding carboxylic acids is 2. The number of sulfone groups is 1. The van der Waals surface area contributed by atoms with Crippen LogP contribution in [0.5, 0.6) is 0 Å². The monoisotopic (exact) mass is 1180 g/mol. The average molecular weight is 1180 g/mol. The number of benzene rings is 2. The van der Waals surface area contributed by atoms with E-state index < -0.39 is 188 Å². The Kier molecular flexibility index (Phi) is 16.1. The van der Waals surface area contributed by atoms with Gasteiger partial charge in [-0.1, -0.05) is 23.6 Å². The molecule has 3 N–H and O–H groups in total. The fourth-order valence-electron chi connectivity index (χ4n) is 8.34. The number of ether oxygens (including phenoxy) is 2. The van der Waals surface area contributed by atoms with Crippen molar-refractivity contribution in [3.63, 3.8) is 0 Å². The largest absolute Gasteiger partial charge is 0.469 e. The van der Waals surface area contributed by atoms with Crippen LogP contribution < -0.4 is 9.62 Å². The van der Waals surface area contributed by atoms with Gasteiger partial charge in [0.25, 0.3) is 5.92 Å². The van der Waals surface area contributed by atoms with Crippen molar-refractivity contribution in [2.75, 3.05) is 43.2 Å². The molecule has 19 nitrogen and oxygen atoms in total. The predicted molar refractivity (Wildman–Crippen MR) is 250 cm³/mol. The van der Waals surface area contributed by atoms with Gasteiger partial charge in [-0.2, -0.15) is 49.6 Å². The number of pyridine rings is 1. The summed E-state index contributed by atoms with van der Waals surface area (Å²) in [4.78, 5) is 49.9. The number of sulfonamides is 1. The highest BCUT2D eigenvalue weighted by Gasteiger charge is 2.68. The number of phosphoric ester groups is 1. The number of fused-ring (bicyclic) bond motifs is 4. The van der Waals surface area contributed by atoms with E-state index in [1.165, 1.54) is 13.8 Å². The van der Waals surface area contributed by atoms with Crippen molar-refractivity contribution in [2.45, 2.75) is 74.8 Å². The van der Waals surface area contributed by atoms with Gasteiger partial charge in [0.1, 0.15) is 47.5 Å². The first-order valence-electron chi connectivity index (χ1n) is 22.1. The number of anilines is 1. The number of hydrogen-bond acceptors (Lipinski definition) is 13. The third kappa shape index (κ3) is 13.2. The summed E-state index contributed by atoms with van der Waals surface area (Å²) in [7, 11) is -13.8. The maximum Gasteiger partial charge on any atom is 0.469 e. The zero-order valence-electron chi connectivity index (χ0n) is 40.0. The Morgan fingerprint density at radius 2 is 1.58 bits per heavy atom. The second-order valence-electron chi connectivity index (χ2n) is 18.1. The number of amides is 2. The minimum absolute atomic E-state index is 0.152. The topological polar surface area (TPSA) is 251 Å². The Hall–Kier alpha value is -5.87. The molecule has 418 valence electrons. The molecule has 1 saturated carbocycles. The van der Waals surface area contributed by atoms with Crippen LogP contribution in [0.15, 0.2) is 42.5 Å². The highest BCUT2D eigenvalue weighted by atomic mass is 35.5. The molecule has 0 saturated heterocycles.